The van der Waals surface area contributed by atoms with Crippen molar-refractivity contribution >= 4 is 39.2 Å². The van der Waals surface area contributed by atoms with Gasteiger partial charge in [0.2, 0.25) is 0 Å². The van der Waals surface area contributed by atoms with Crippen LogP contribution in [0.15, 0.2) is 71.3 Å². The van der Waals surface area contributed by atoms with E-state index in [1.54, 1.807) is 0 Å². The van der Waals surface area contributed by atoms with Gasteiger partial charge < -0.3 is 14.8 Å². The standard InChI is InChI=1S/C22H23BrClN3O/c1-2-12-27(22(28)25-21-11-4-3-10-20(21)23)16-19-9-6-13-26(19)15-17-7-5-8-18(24)14-17/h3-11,13-14H,2,12,15-16H2,1H3,(H,25,28). The molecular formula is C22H23BrClN3O. The predicted molar refractivity (Wildman–Crippen MR) is 119 cm³/mol. The van der Waals surface area contributed by atoms with Crippen LogP contribution in [0.5, 0.6) is 0 Å². The van der Waals surface area contributed by atoms with E-state index < -0.39 is 0 Å². The number of halogens is 2. The molecule has 0 saturated heterocycles. The maximum absolute atomic E-state index is 12.9. The van der Waals surface area contributed by atoms with E-state index in [0.29, 0.717) is 19.6 Å². The largest absolute Gasteiger partial charge is 0.345 e. The maximum atomic E-state index is 12.9. The topological polar surface area (TPSA) is 37.3 Å². The molecule has 6 heteroatoms. The third kappa shape index (κ3) is 5.40. The zero-order valence-electron chi connectivity index (χ0n) is 15.7. The first-order chi connectivity index (χ1) is 13.6. The van der Waals surface area contributed by atoms with Crippen molar-refractivity contribution in [1.29, 1.82) is 0 Å². The average molecular weight is 461 g/mol. The van der Waals surface area contributed by atoms with E-state index in [1.807, 2.05) is 59.6 Å². The van der Waals surface area contributed by atoms with E-state index >= 15 is 0 Å². The zero-order chi connectivity index (χ0) is 19.9. The molecule has 28 heavy (non-hydrogen) atoms. The number of carbonyl (C=O) groups excluding carboxylic acids is 1. The number of benzene rings is 2. The van der Waals surface area contributed by atoms with E-state index in [1.165, 1.54) is 0 Å². The van der Waals surface area contributed by atoms with Crippen molar-refractivity contribution in [3.8, 4) is 0 Å². The summed E-state index contributed by atoms with van der Waals surface area (Å²) in [6.45, 7) is 4.01. The van der Waals surface area contributed by atoms with Crippen LogP contribution < -0.4 is 5.32 Å². The van der Waals surface area contributed by atoms with Crippen molar-refractivity contribution in [2.24, 2.45) is 0 Å². The van der Waals surface area contributed by atoms with Gasteiger partial charge in [0.05, 0.1) is 12.2 Å². The number of rotatable bonds is 7. The Labute approximate surface area is 179 Å². The highest BCUT2D eigenvalue weighted by Crippen LogP contribution is 2.22. The van der Waals surface area contributed by atoms with E-state index in [9.17, 15) is 4.79 Å². The van der Waals surface area contributed by atoms with Crippen molar-refractivity contribution in [2.75, 3.05) is 11.9 Å². The summed E-state index contributed by atoms with van der Waals surface area (Å²) >= 11 is 9.59. The van der Waals surface area contributed by atoms with Gasteiger partial charge >= 0.3 is 6.03 Å². The van der Waals surface area contributed by atoms with E-state index in [4.69, 9.17) is 11.6 Å². The van der Waals surface area contributed by atoms with Gasteiger partial charge in [-0.05, 0) is 64.3 Å². The molecule has 4 nitrogen and oxygen atoms in total. The van der Waals surface area contributed by atoms with E-state index in [-0.39, 0.29) is 6.03 Å². The fraction of sp³-hybridized carbons (Fsp3) is 0.227. The lowest BCUT2D eigenvalue weighted by molar-refractivity contribution is 0.208. The molecule has 0 radical (unpaired) electrons. The number of nitrogens with zero attached hydrogens (tertiary/aromatic N) is 2. The Balaban J connectivity index is 1.73. The molecule has 0 bridgehead atoms. The summed E-state index contributed by atoms with van der Waals surface area (Å²) < 4.78 is 3.02. The summed E-state index contributed by atoms with van der Waals surface area (Å²) in [6, 6.07) is 19.4. The van der Waals surface area contributed by atoms with Crippen LogP contribution in [0, 0.1) is 0 Å². The normalized spacial score (nSPS) is 10.7. The molecular weight excluding hydrogens is 438 g/mol. The molecule has 146 valence electrons. The van der Waals surface area contributed by atoms with Gasteiger partial charge in [-0.15, -0.1) is 0 Å². The Morgan fingerprint density at radius 3 is 2.71 bits per heavy atom. The second kappa shape index (κ2) is 9.80. The second-order valence-electron chi connectivity index (χ2n) is 6.59. The van der Waals surface area contributed by atoms with Crippen LogP contribution in [0.25, 0.3) is 0 Å². The number of hydrogen-bond acceptors (Lipinski definition) is 1. The lowest BCUT2D eigenvalue weighted by Crippen LogP contribution is -2.35. The van der Waals surface area contributed by atoms with Crippen LogP contribution in [0.4, 0.5) is 10.5 Å². The first-order valence-electron chi connectivity index (χ1n) is 9.25. The average Bonchev–Trinajstić information content (AvgIpc) is 3.10. The number of urea groups is 1. The molecule has 2 amide bonds. The molecule has 0 aliphatic heterocycles. The third-order valence-corrected chi connectivity index (χ3v) is 5.34. The molecule has 3 aromatic rings. The minimum Gasteiger partial charge on any atom is -0.345 e. The van der Waals surface area contributed by atoms with Gasteiger partial charge in [0.1, 0.15) is 0 Å². The van der Waals surface area contributed by atoms with Gasteiger partial charge in [-0.3, -0.25) is 0 Å². The highest BCUT2D eigenvalue weighted by atomic mass is 79.9. The van der Waals surface area contributed by atoms with Gasteiger partial charge in [-0.25, -0.2) is 4.79 Å². The number of hydrogen-bond donors (Lipinski definition) is 1. The van der Waals surface area contributed by atoms with Gasteiger partial charge in [-0.2, -0.15) is 0 Å². The number of carbonyl (C=O) groups is 1. The fourth-order valence-corrected chi connectivity index (χ4v) is 3.65. The number of anilines is 1. The van der Waals surface area contributed by atoms with Gasteiger partial charge in [0.25, 0.3) is 0 Å². The summed E-state index contributed by atoms with van der Waals surface area (Å²) in [7, 11) is 0. The van der Waals surface area contributed by atoms with Crippen LogP contribution in [0.1, 0.15) is 24.6 Å². The molecule has 1 aromatic heterocycles. The Hall–Kier alpha value is -2.24. The quantitative estimate of drug-likeness (QED) is 0.435. The Morgan fingerprint density at radius 1 is 1.14 bits per heavy atom. The van der Waals surface area contributed by atoms with Crippen LogP contribution in [0.3, 0.4) is 0 Å². The molecule has 2 aromatic carbocycles. The summed E-state index contributed by atoms with van der Waals surface area (Å²) in [5, 5.41) is 3.73. The zero-order valence-corrected chi connectivity index (χ0v) is 18.1. The summed E-state index contributed by atoms with van der Waals surface area (Å²) in [4.78, 5) is 14.7. The molecule has 0 unspecified atom stereocenters. The predicted octanol–water partition coefficient (Wildman–Crippen LogP) is 6.40. The minimum absolute atomic E-state index is 0.107. The first kappa shape index (κ1) is 20.5. The smallest absolute Gasteiger partial charge is 0.322 e. The molecule has 0 saturated carbocycles. The number of nitrogens with one attached hydrogen (secondary N) is 1. The molecule has 0 spiro atoms. The van der Waals surface area contributed by atoms with Crippen molar-refractivity contribution < 1.29 is 4.79 Å². The van der Waals surface area contributed by atoms with E-state index in [0.717, 1.165) is 32.9 Å². The third-order valence-electron chi connectivity index (χ3n) is 4.41. The van der Waals surface area contributed by atoms with Gasteiger partial charge in [0, 0.05) is 34.5 Å². The number of aromatic nitrogens is 1. The number of amides is 2. The van der Waals surface area contributed by atoms with Crippen molar-refractivity contribution in [3.05, 3.63) is 87.6 Å². The molecule has 0 fully saturated rings. The molecule has 0 aliphatic carbocycles. The molecule has 0 aliphatic rings. The molecule has 1 N–H and O–H groups in total. The molecule has 0 atom stereocenters. The van der Waals surface area contributed by atoms with Crippen molar-refractivity contribution in [1.82, 2.24) is 9.47 Å². The SMILES string of the molecule is CCCN(Cc1cccn1Cc1cccc(Cl)c1)C(=O)Nc1ccccc1Br. The minimum atomic E-state index is -0.107. The maximum Gasteiger partial charge on any atom is 0.322 e. The van der Waals surface area contributed by atoms with Crippen molar-refractivity contribution in [3.63, 3.8) is 0 Å². The summed E-state index contributed by atoms with van der Waals surface area (Å²) in [5.41, 5.74) is 2.98. The molecule has 3 rings (SSSR count). The lowest BCUT2D eigenvalue weighted by Gasteiger charge is -2.24. The van der Waals surface area contributed by atoms with E-state index in [2.05, 4.69) is 44.9 Å². The van der Waals surface area contributed by atoms with Crippen LogP contribution in [-0.4, -0.2) is 22.0 Å². The lowest BCUT2D eigenvalue weighted by atomic mass is 10.2. The molecule has 1 heterocycles. The Bertz CT molecular complexity index is 941. The van der Waals surface area contributed by atoms with Crippen LogP contribution in [-0.2, 0) is 13.1 Å². The van der Waals surface area contributed by atoms with Crippen molar-refractivity contribution in [2.45, 2.75) is 26.4 Å². The Morgan fingerprint density at radius 2 is 1.96 bits per heavy atom. The Kier molecular flexibility index (Phi) is 7.18. The monoisotopic (exact) mass is 459 g/mol. The fourth-order valence-electron chi connectivity index (χ4n) is 3.05. The highest BCUT2D eigenvalue weighted by Gasteiger charge is 2.16. The second-order valence-corrected chi connectivity index (χ2v) is 7.88. The van der Waals surface area contributed by atoms with Crippen LogP contribution >= 0.6 is 27.5 Å². The summed E-state index contributed by atoms with van der Waals surface area (Å²) in [6.07, 6.45) is 2.92. The highest BCUT2D eigenvalue weighted by molar-refractivity contribution is 9.10. The van der Waals surface area contributed by atoms with Crippen LogP contribution in [0.2, 0.25) is 5.02 Å². The van der Waals surface area contributed by atoms with Gasteiger partial charge in [-0.1, -0.05) is 42.8 Å². The number of para-hydroxylation sites is 1. The first-order valence-corrected chi connectivity index (χ1v) is 10.4. The van der Waals surface area contributed by atoms with Gasteiger partial charge in [0.15, 0.2) is 0 Å². The summed E-state index contributed by atoms with van der Waals surface area (Å²) in [5.74, 6) is 0.